The summed E-state index contributed by atoms with van der Waals surface area (Å²) in [6.45, 7) is 7.91. The lowest BCUT2D eigenvalue weighted by Crippen LogP contribution is -2.28. The van der Waals surface area contributed by atoms with Crippen LogP contribution in [0.25, 0.3) is 0 Å². The van der Waals surface area contributed by atoms with Crippen molar-refractivity contribution in [2.75, 3.05) is 16.8 Å². The molecule has 0 aromatic heterocycles. The average Bonchev–Trinajstić information content (AvgIpc) is 2.70. The van der Waals surface area contributed by atoms with E-state index >= 15 is 0 Å². The Kier molecular flexibility index (Phi) is 3.35. The lowest BCUT2D eigenvalue weighted by Gasteiger charge is -2.19. The molecular formula is C15H20N2O2. The molecule has 1 aliphatic rings. The molecule has 1 aromatic rings. The van der Waals surface area contributed by atoms with Crippen molar-refractivity contribution in [2.24, 2.45) is 5.41 Å². The summed E-state index contributed by atoms with van der Waals surface area (Å²) in [5, 5.41) is 2.89. The van der Waals surface area contributed by atoms with Crippen LogP contribution < -0.4 is 10.2 Å². The summed E-state index contributed by atoms with van der Waals surface area (Å²) in [5.41, 5.74) is 2.38. The van der Waals surface area contributed by atoms with Crippen LogP contribution >= 0.6 is 0 Å². The first-order chi connectivity index (χ1) is 8.79. The van der Waals surface area contributed by atoms with Crippen molar-refractivity contribution in [3.63, 3.8) is 0 Å². The van der Waals surface area contributed by atoms with E-state index in [9.17, 15) is 9.59 Å². The molecule has 0 saturated carbocycles. The molecule has 0 saturated heterocycles. The number of rotatable bonds is 1. The summed E-state index contributed by atoms with van der Waals surface area (Å²) < 4.78 is 0. The number of fused-ring (bicyclic) bond motifs is 1. The number of hydrogen-bond donors (Lipinski definition) is 1. The van der Waals surface area contributed by atoms with Gasteiger partial charge in [0.05, 0.1) is 0 Å². The average molecular weight is 260 g/mol. The van der Waals surface area contributed by atoms with Gasteiger partial charge in [0, 0.05) is 30.3 Å². The molecule has 1 aliphatic heterocycles. The van der Waals surface area contributed by atoms with Gasteiger partial charge in [0.25, 0.3) is 0 Å². The van der Waals surface area contributed by atoms with Crippen LogP contribution in [-0.4, -0.2) is 18.4 Å². The van der Waals surface area contributed by atoms with E-state index in [1.807, 2.05) is 39.0 Å². The molecule has 1 N–H and O–H groups in total. The molecule has 0 aliphatic carbocycles. The van der Waals surface area contributed by atoms with Gasteiger partial charge in [-0.2, -0.15) is 0 Å². The fraction of sp³-hybridized carbons (Fsp3) is 0.467. The minimum absolute atomic E-state index is 0.0279. The highest BCUT2D eigenvalue weighted by Gasteiger charge is 2.24. The standard InChI is InChI=1S/C15H20N2O2/c1-10(18)17-8-7-11-5-6-12(9-13(11)17)16-14(19)15(2,3)4/h5-6,9H,7-8H2,1-4H3,(H,16,19). The predicted octanol–water partition coefficient (Wildman–Crippen LogP) is 2.58. The van der Waals surface area contributed by atoms with Crippen LogP contribution in [-0.2, 0) is 16.0 Å². The third-order valence-electron chi connectivity index (χ3n) is 3.30. The number of carbonyl (C=O) groups is 2. The quantitative estimate of drug-likeness (QED) is 0.843. The monoisotopic (exact) mass is 260 g/mol. The molecule has 4 heteroatoms. The van der Waals surface area contributed by atoms with E-state index < -0.39 is 5.41 Å². The SMILES string of the molecule is CC(=O)N1CCc2ccc(NC(=O)C(C)(C)C)cc21. The molecule has 0 atom stereocenters. The van der Waals surface area contributed by atoms with E-state index in [0.29, 0.717) is 0 Å². The van der Waals surface area contributed by atoms with Gasteiger partial charge in [0.15, 0.2) is 0 Å². The first kappa shape index (κ1) is 13.6. The van der Waals surface area contributed by atoms with Crippen molar-refractivity contribution < 1.29 is 9.59 Å². The largest absolute Gasteiger partial charge is 0.326 e. The fourth-order valence-corrected chi connectivity index (χ4v) is 2.10. The van der Waals surface area contributed by atoms with E-state index in [-0.39, 0.29) is 11.8 Å². The van der Waals surface area contributed by atoms with Gasteiger partial charge in [0.1, 0.15) is 0 Å². The second-order valence-electron chi connectivity index (χ2n) is 5.97. The van der Waals surface area contributed by atoms with Gasteiger partial charge in [0.2, 0.25) is 11.8 Å². The summed E-state index contributed by atoms with van der Waals surface area (Å²) >= 11 is 0. The van der Waals surface area contributed by atoms with Gasteiger partial charge >= 0.3 is 0 Å². The summed E-state index contributed by atoms with van der Waals surface area (Å²) in [6, 6.07) is 5.76. The molecule has 0 unspecified atom stereocenters. The molecule has 0 spiro atoms. The fourth-order valence-electron chi connectivity index (χ4n) is 2.10. The second-order valence-corrected chi connectivity index (χ2v) is 5.97. The van der Waals surface area contributed by atoms with Crippen molar-refractivity contribution >= 4 is 23.2 Å². The van der Waals surface area contributed by atoms with Crippen LogP contribution in [0.4, 0.5) is 11.4 Å². The lowest BCUT2D eigenvalue weighted by molar-refractivity contribution is -0.123. The van der Waals surface area contributed by atoms with Gasteiger partial charge in [-0.25, -0.2) is 0 Å². The normalized spacial score (nSPS) is 14.2. The molecule has 0 radical (unpaired) electrons. The predicted molar refractivity (Wildman–Crippen MR) is 76.3 cm³/mol. The number of anilines is 2. The number of hydrogen-bond acceptors (Lipinski definition) is 2. The van der Waals surface area contributed by atoms with E-state index in [0.717, 1.165) is 29.9 Å². The maximum absolute atomic E-state index is 12.0. The van der Waals surface area contributed by atoms with Crippen molar-refractivity contribution in [2.45, 2.75) is 34.1 Å². The van der Waals surface area contributed by atoms with Crippen LogP contribution in [0, 0.1) is 5.41 Å². The Morgan fingerprint density at radius 2 is 1.95 bits per heavy atom. The molecule has 0 fully saturated rings. The third kappa shape index (κ3) is 2.78. The van der Waals surface area contributed by atoms with Gasteiger partial charge < -0.3 is 10.2 Å². The van der Waals surface area contributed by atoms with Crippen LogP contribution in [0.3, 0.4) is 0 Å². The van der Waals surface area contributed by atoms with Crippen LogP contribution in [0.15, 0.2) is 18.2 Å². The smallest absolute Gasteiger partial charge is 0.229 e. The van der Waals surface area contributed by atoms with E-state index in [1.165, 1.54) is 0 Å². The molecule has 4 nitrogen and oxygen atoms in total. The Bertz CT molecular complexity index is 529. The first-order valence-corrected chi connectivity index (χ1v) is 6.51. The van der Waals surface area contributed by atoms with E-state index in [2.05, 4.69) is 5.32 Å². The molecule has 1 heterocycles. The molecular weight excluding hydrogens is 240 g/mol. The summed E-state index contributed by atoms with van der Waals surface area (Å²) in [5.74, 6) is 0.0119. The zero-order chi connectivity index (χ0) is 14.2. The minimum Gasteiger partial charge on any atom is -0.326 e. The number of amides is 2. The molecule has 2 amide bonds. The minimum atomic E-state index is -0.431. The lowest BCUT2D eigenvalue weighted by atomic mass is 9.95. The van der Waals surface area contributed by atoms with Crippen molar-refractivity contribution in [3.8, 4) is 0 Å². The number of nitrogens with one attached hydrogen (secondary N) is 1. The first-order valence-electron chi connectivity index (χ1n) is 6.51. The molecule has 2 rings (SSSR count). The van der Waals surface area contributed by atoms with Gasteiger partial charge in [-0.3, -0.25) is 9.59 Å². The highest BCUT2D eigenvalue weighted by atomic mass is 16.2. The molecule has 0 bridgehead atoms. The molecule has 102 valence electrons. The highest BCUT2D eigenvalue weighted by molar-refractivity contribution is 5.97. The Labute approximate surface area is 113 Å². The van der Waals surface area contributed by atoms with Crippen molar-refractivity contribution in [1.82, 2.24) is 0 Å². The van der Waals surface area contributed by atoms with Crippen LogP contribution in [0.2, 0.25) is 0 Å². The Morgan fingerprint density at radius 1 is 1.26 bits per heavy atom. The van der Waals surface area contributed by atoms with Crippen molar-refractivity contribution in [1.29, 1.82) is 0 Å². The van der Waals surface area contributed by atoms with Gasteiger partial charge in [-0.1, -0.05) is 26.8 Å². The zero-order valence-electron chi connectivity index (χ0n) is 11.9. The zero-order valence-corrected chi connectivity index (χ0v) is 11.9. The van der Waals surface area contributed by atoms with Crippen LogP contribution in [0.1, 0.15) is 33.3 Å². The van der Waals surface area contributed by atoms with Crippen molar-refractivity contribution in [3.05, 3.63) is 23.8 Å². The summed E-state index contributed by atoms with van der Waals surface area (Å²) in [7, 11) is 0. The third-order valence-corrected chi connectivity index (χ3v) is 3.30. The topological polar surface area (TPSA) is 49.4 Å². The Morgan fingerprint density at radius 3 is 2.53 bits per heavy atom. The van der Waals surface area contributed by atoms with Crippen LogP contribution in [0.5, 0.6) is 0 Å². The molecule has 19 heavy (non-hydrogen) atoms. The number of benzene rings is 1. The highest BCUT2D eigenvalue weighted by Crippen LogP contribution is 2.31. The van der Waals surface area contributed by atoms with Gasteiger partial charge in [-0.15, -0.1) is 0 Å². The van der Waals surface area contributed by atoms with Gasteiger partial charge in [-0.05, 0) is 24.1 Å². The summed E-state index contributed by atoms with van der Waals surface area (Å²) in [4.78, 5) is 25.3. The Hall–Kier alpha value is -1.84. The number of nitrogens with zero attached hydrogens (tertiary/aromatic N) is 1. The molecule has 1 aromatic carbocycles. The second kappa shape index (κ2) is 4.68. The maximum atomic E-state index is 12.0. The summed E-state index contributed by atoms with van der Waals surface area (Å²) in [6.07, 6.45) is 0.877. The number of carbonyl (C=O) groups excluding carboxylic acids is 2. The Balaban J connectivity index is 2.24. The van der Waals surface area contributed by atoms with E-state index in [4.69, 9.17) is 0 Å². The van der Waals surface area contributed by atoms with E-state index in [1.54, 1.807) is 11.8 Å². The maximum Gasteiger partial charge on any atom is 0.229 e.